The molecule has 2 rings (SSSR count). The summed E-state index contributed by atoms with van der Waals surface area (Å²) in [6, 6.07) is 3.55. The Kier molecular flexibility index (Phi) is 3.79. The summed E-state index contributed by atoms with van der Waals surface area (Å²) in [5, 5.41) is 13.2. The van der Waals surface area contributed by atoms with Gasteiger partial charge in [-0.05, 0) is 25.5 Å². The van der Waals surface area contributed by atoms with Gasteiger partial charge in [0.15, 0.2) is 11.6 Å². The van der Waals surface area contributed by atoms with Crippen LogP contribution in [0.4, 0.5) is 0 Å². The summed E-state index contributed by atoms with van der Waals surface area (Å²) < 4.78 is 7.01. The first-order valence-corrected chi connectivity index (χ1v) is 6.01. The molecule has 0 atom stereocenters. The van der Waals surface area contributed by atoms with Crippen molar-refractivity contribution in [3.8, 4) is 11.6 Å². The number of ether oxygens (including phenoxy) is 1. The Balaban J connectivity index is 2.41. The van der Waals surface area contributed by atoms with Crippen LogP contribution in [-0.4, -0.2) is 32.4 Å². The van der Waals surface area contributed by atoms with Crippen molar-refractivity contribution in [1.29, 1.82) is 0 Å². The smallest absolute Gasteiger partial charge is 0.339 e. The molecule has 2 aromatic rings. The molecular weight excluding hydrogens is 246 g/mol. The maximum atomic E-state index is 11.0. The second-order valence-electron chi connectivity index (χ2n) is 4.05. The zero-order valence-electron chi connectivity index (χ0n) is 10.8. The Bertz CT molecular complexity index is 593. The monoisotopic (exact) mass is 261 g/mol. The fourth-order valence-electron chi connectivity index (χ4n) is 1.66. The largest absolute Gasteiger partial charge is 0.490 e. The predicted molar refractivity (Wildman–Crippen MR) is 68.8 cm³/mol. The molecule has 0 saturated carbocycles. The Morgan fingerprint density at radius 3 is 2.95 bits per heavy atom. The quantitative estimate of drug-likeness (QED) is 0.891. The number of hydrogen-bond acceptors (Lipinski definition) is 4. The van der Waals surface area contributed by atoms with Gasteiger partial charge in [0.1, 0.15) is 5.56 Å². The molecule has 2 aromatic heterocycles. The van der Waals surface area contributed by atoms with Crippen LogP contribution in [0.2, 0.25) is 0 Å². The number of carboxylic acid groups (broad SMARTS) is 1. The maximum absolute atomic E-state index is 11.0. The molecule has 0 spiro atoms. The van der Waals surface area contributed by atoms with Gasteiger partial charge in [-0.25, -0.2) is 14.5 Å². The lowest BCUT2D eigenvalue weighted by Crippen LogP contribution is -2.04. The number of rotatable bonds is 5. The number of carboxylic acids is 1. The van der Waals surface area contributed by atoms with Gasteiger partial charge in [0.2, 0.25) is 0 Å². The SMILES string of the molecule is CCCOc1cccnc1-n1cc(C(=O)O)c(C)n1. The van der Waals surface area contributed by atoms with Crippen molar-refractivity contribution in [3.63, 3.8) is 0 Å². The lowest BCUT2D eigenvalue weighted by molar-refractivity contribution is 0.0696. The van der Waals surface area contributed by atoms with Gasteiger partial charge in [-0.3, -0.25) is 0 Å². The molecule has 100 valence electrons. The Hall–Kier alpha value is -2.37. The van der Waals surface area contributed by atoms with E-state index >= 15 is 0 Å². The van der Waals surface area contributed by atoms with Gasteiger partial charge in [-0.2, -0.15) is 5.10 Å². The third-order valence-electron chi connectivity index (χ3n) is 2.56. The molecule has 0 aliphatic carbocycles. The molecule has 1 N–H and O–H groups in total. The molecule has 0 radical (unpaired) electrons. The molecule has 0 unspecified atom stereocenters. The summed E-state index contributed by atoms with van der Waals surface area (Å²) in [7, 11) is 0. The molecular formula is C13H15N3O3. The van der Waals surface area contributed by atoms with Gasteiger partial charge >= 0.3 is 5.97 Å². The Labute approximate surface area is 110 Å². The highest BCUT2D eigenvalue weighted by atomic mass is 16.5. The zero-order chi connectivity index (χ0) is 13.8. The first-order chi connectivity index (χ1) is 9.13. The van der Waals surface area contributed by atoms with Crippen molar-refractivity contribution in [2.75, 3.05) is 6.61 Å². The summed E-state index contributed by atoms with van der Waals surface area (Å²) in [5.74, 6) is 0.0750. The van der Waals surface area contributed by atoms with Gasteiger partial charge in [0, 0.05) is 12.4 Å². The summed E-state index contributed by atoms with van der Waals surface area (Å²) in [6.45, 7) is 4.23. The summed E-state index contributed by atoms with van der Waals surface area (Å²) in [6.07, 6.45) is 3.94. The fourth-order valence-corrected chi connectivity index (χ4v) is 1.66. The highest BCUT2D eigenvalue weighted by molar-refractivity contribution is 5.88. The average Bonchev–Trinajstić information content (AvgIpc) is 2.79. The molecule has 0 saturated heterocycles. The topological polar surface area (TPSA) is 77.2 Å². The number of hydrogen-bond donors (Lipinski definition) is 1. The number of carbonyl (C=O) groups is 1. The van der Waals surface area contributed by atoms with Crippen molar-refractivity contribution < 1.29 is 14.6 Å². The number of pyridine rings is 1. The van der Waals surface area contributed by atoms with Crippen molar-refractivity contribution >= 4 is 5.97 Å². The third kappa shape index (κ3) is 2.73. The minimum absolute atomic E-state index is 0.159. The van der Waals surface area contributed by atoms with E-state index < -0.39 is 5.97 Å². The highest BCUT2D eigenvalue weighted by Crippen LogP contribution is 2.20. The van der Waals surface area contributed by atoms with E-state index in [9.17, 15) is 4.79 Å². The van der Waals surface area contributed by atoms with Gasteiger partial charge in [0.05, 0.1) is 12.3 Å². The molecule has 0 aliphatic heterocycles. The van der Waals surface area contributed by atoms with Gasteiger partial charge in [-0.1, -0.05) is 6.92 Å². The number of nitrogens with zero attached hydrogens (tertiary/aromatic N) is 3. The van der Waals surface area contributed by atoms with Crippen LogP contribution >= 0.6 is 0 Å². The van der Waals surface area contributed by atoms with Crippen LogP contribution in [-0.2, 0) is 0 Å². The second kappa shape index (κ2) is 5.51. The third-order valence-corrected chi connectivity index (χ3v) is 2.56. The Morgan fingerprint density at radius 2 is 2.32 bits per heavy atom. The maximum Gasteiger partial charge on any atom is 0.339 e. The van der Waals surface area contributed by atoms with E-state index in [0.717, 1.165) is 6.42 Å². The lowest BCUT2D eigenvalue weighted by Gasteiger charge is -2.09. The van der Waals surface area contributed by atoms with Crippen LogP contribution in [0.25, 0.3) is 5.82 Å². The lowest BCUT2D eigenvalue weighted by atomic mass is 10.3. The van der Waals surface area contributed by atoms with Crippen molar-refractivity contribution in [2.45, 2.75) is 20.3 Å². The van der Waals surface area contributed by atoms with Gasteiger partial charge in [-0.15, -0.1) is 0 Å². The van der Waals surface area contributed by atoms with Crippen LogP contribution in [0, 0.1) is 6.92 Å². The summed E-state index contributed by atoms with van der Waals surface area (Å²) >= 11 is 0. The van der Waals surface area contributed by atoms with Crippen LogP contribution in [0.15, 0.2) is 24.5 Å². The van der Waals surface area contributed by atoms with E-state index in [1.165, 1.54) is 10.9 Å². The molecule has 0 bridgehead atoms. The van der Waals surface area contributed by atoms with E-state index in [4.69, 9.17) is 9.84 Å². The summed E-state index contributed by atoms with van der Waals surface area (Å²) in [5.41, 5.74) is 0.603. The predicted octanol–water partition coefficient (Wildman–Crippen LogP) is 2.06. The van der Waals surface area contributed by atoms with E-state index in [-0.39, 0.29) is 5.56 Å². The zero-order valence-corrected chi connectivity index (χ0v) is 10.8. The minimum atomic E-state index is -1.00. The van der Waals surface area contributed by atoms with E-state index in [1.54, 1.807) is 25.3 Å². The second-order valence-corrected chi connectivity index (χ2v) is 4.05. The van der Waals surface area contributed by atoms with Crippen LogP contribution in [0.5, 0.6) is 5.75 Å². The van der Waals surface area contributed by atoms with Crippen LogP contribution in [0.1, 0.15) is 29.4 Å². The molecule has 19 heavy (non-hydrogen) atoms. The van der Waals surface area contributed by atoms with Crippen LogP contribution < -0.4 is 4.74 Å². The molecule has 0 aromatic carbocycles. The minimum Gasteiger partial charge on any atom is -0.490 e. The number of aryl methyl sites for hydroxylation is 1. The number of aromatic nitrogens is 3. The molecule has 6 heteroatoms. The molecule has 2 heterocycles. The van der Waals surface area contributed by atoms with Crippen molar-refractivity contribution in [3.05, 3.63) is 35.8 Å². The first-order valence-electron chi connectivity index (χ1n) is 6.01. The van der Waals surface area contributed by atoms with Gasteiger partial charge in [0.25, 0.3) is 0 Å². The van der Waals surface area contributed by atoms with Crippen LogP contribution in [0.3, 0.4) is 0 Å². The highest BCUT2D eigenvalue weighted by Gasteiger charge is 2.15. The number of aromatic carboxylic acids is 1. The molecule has 6 nitrogen and oxygen atoms in total. The van der Waals surface area contributed by atoms with E-state index in [1.807, 2.05) is 6.92 Å². The average molecular weight is 261 g/mol. The fraction of sp³-hybridized carbons (Fsp3) is 0.308. The molecule has 0 fully saturated rings. The molecule has 0 amide bonds. The van der Waals surface area contributed by atoms with Crippen molar-refractivity contribution in [2.24, 2.45) is 0 Å². The van der Waals surface area contributed by atoms with Gasteiger partial charge < -0.3 is 9.84 Å². The normalized spacial score (nSPS) is 10.4. The standard InChI is InChI=1S/C13H15N3O3/c1-3-7-19-11-5-4-6-14-12(11)16-8-10(13(17)18)9(2)15-16/h4-6,8H,3,7H2,1-2H3,(H,17,18). The van der Waals surface area contributed by atoms with E-state index in [0.29, 0.717) is 23.9 Å². The van der Waals surface area contributed by atoms with Crippen molar-refractivity contribution in [1.82, 2.24) is 14.8 Å². The first kappa shape index (κ1) is 13.1. The van der Waals surface area contributed by atoms with E-state index in [2.05, 4.69) is 10.1 Å². The summed E-state index contributed by atoms with van der Waals surface area (Å²) in [4.78, 5) is 15.2. The molecule has 0 aliphatic rings. The Morgan fingerprint density at radius 1 is 1.53 bits per heavy atom.